The first-order valence-electron chi connectivity index (χ1n) is 17.4. The average molecular weight is 686 g/mol. The van der Waals surface area contributed by atoms with Crippen molar-refractivity contribution in [2.75, 3.05) is 10.6 Å². The third-order valence-corrected chi connectivity index (χ3v) is 8.83. The lowest BCUT2D eigenvalue weighted by molar-refractivity contribution is -0.137. The van der Waals surface area contributed by atoms with Crippen LogP contribution < -0.4 is 10.6 Å². The Hall–Kier alpha value is -3.73. The fourth-order valence-corrected chi connectivity index (χ4v) is 5.89. The number of anilines is 2. The number of imidazole rings is 1. The minimum atomic E-state index is -1.90. The number of amides is 4. The molecule has 3 rings (SSSR count). The third-order valence-electron chi connectivity index (χ3n) is 8.50. The maximum Gasteiger partial charge on any atom is 0.418 e. The van der Waals surface area contributed by atoms with Gasteiger partial charge in [0, 0.05) is 25.4 Å². The molecular formula is C36H52ClN5O6. The van der Waals surface area contributed by atoms with Gasteiger partial charge in [-0.3, -0.25) is 19.2 Å². The zero-order chi connectivity index (χ0) is 35.1. The molecule has 48 heavy (non-hydrogen) atoms. The van der Waals surface area contributed by atoms with Crippen LogP contribution in [-0.2, 0) is 26.2 Å². The summed E-state index contributed by atoms with van der Waals surface area (Å²) in [5.41, 5.74) is -1.20. The van der Waals surface area contributed by atoms with Crippen LogP contribution in [0, 0.1) is 0 Å². The number of carbonyl (C=O) groups is 5. The van der Waals surface area contributed by atoms with Gasteiger partial charge in [0.1, 0.15) is 5.69 Å². The van der Waals surface area contributed by atoms with Crippen molar-refractivity contribution in [1.82, 2.24) is 14.5 Å². The van der Waals surface area contributed by atoms with Gasteiger partial charge in [0.15, 0.2) is 11.6 Å². The van der Waals surface area contributed by atoms with Crippen LogP contribution >= 0.6 is 11.6 Å². The predicted octanol–water partition coefficient (Wildman–Crippen LogP) is 8.22. The van der Waals surface area contributed by atoms with Gasteiger partial charge >= 0.3 is 6.09 Å². The number of Topliss-reactive ketones (excluding diaryl/α,β-unsaturated/α-hetero) is 1. The zero-order valence-corrected chi connectivity index (χ0v) is 29.7. The summed E-state index contributed by atoms with van der Waals surface area (Å²) in [6.07, 6.45) is 20.7. The summed E-state index contributed by atoms with van der Waals surface area (Å²) in [6.45, 7) is 4.99. The molecule has 2 aromatic rings. The first kappa shape index (κ1) is 38.7. The van der Waals surface area contributed by atoms with E-state index in [2.05, 4.69) is 22.5 Å². The number of imide groups is 1. The number of aryl methyl sites for hydroxylation is 1. The molecule has 0 saturated carbocycles. The lowest BCUT2D eigenvalue weighted by atomic mass is 10.0. The fourth-order valence-electron chi connectivity index (χ4n) is 5.72. The second-order valence-electron chi connectivity index (χ2n) is 13.2. The highest BCUT2D eigenvalue weighted by atomic mass is 35.5. The molecule has 0 bridgehead atoms. The number of aromatic nitrogens is 2. The summed E-state index contributed by atoms with van der Waals surface area (Å²) < 4.78 is 6.63. The van der Waals surface area contributed by atoms with Gasteiger partial charge in [0.05, 0.1) is 17.0 Å². The Morgan fingerprint density at radius 3 is 1.94 bits per heavy atom. The molecule has 1 aromatic heterocycles. The number of nitrogens with one attached hydrogen (secondary N) is 2. The van der Waals surface area contributed by atoms with Crippen molar-refractivity contribution in [3.8, 4) is 0 Å². The van der Waals surface area contributed by atoms with Crippen molar-refractivity contribution < 1.29 is 28.7 Å². The summed E-state index contributed by atoms with van der Waals surface area (Å²) in [5, 5.41) is 5.50. The molecule has 2 N–H and O–H groups in total. The normalized spacial score (nSPS) is 14.6. The van der Waals surface area contributed by atoms with Crippen LogP contribution in [-0.4, -0.2) is 55.7 Å². The van der Waals surface area contributed by atoms with Gasteiger partial charge in [0.25, 0.3) is 11.8 Å². The summed E-state index contributed by atoms with van der Waals surface area (Å²) in [6, 6.07) is 2.65. The molecule has 4 amide bonds. The molecule has 1 atom stereocenters. The number of unbranched alkanes of at least 4 members (excludes halogenated alkanes) is 14. The van der Waals surface area contributed by atoms with E-state index in [1.54, 1.807) is 13.1 Å². The molecule has 2 heterocycles. The van der Waals surface area contributed by atoms with Crippen LogP contribution in [0.15, 0.2) is 30.7 Å². The fraction of sp³-hybridized carbons (Fsp3) is 0.611. The van der Waals surface area contributed by atoms with E-state index < -0.39 is 35.3 Å². The highest BCUT2D eigenvalue weighted by Crippen LogP contribution is 2.30. The molecule has 1 saturated heterocycles. The minimum absolute atomic E-state index is 0.0875. The average Bonchev–Trinajstić information content (AvgIpc) is 3.56. The lowest BCUT2D eigenvalue weighted by Crippen LogP contribution is -2.53. The molecule has 11 nitrogen and oxygen atoms in total. The Morgan fingerprint density at radius 1 is 0.875 bits per heavy atom. The Morgan fingerprint density at radius 2 is 1.44 bits per heavy atom. The van der Waals surface area contributed by atoms with Crippen LogP contribution in [0.25, 0.3) is 0 Å². The summed E-state index contributed by atoms with van der Waals surface area (Å²) in [4.78, 5) is 69.8. The van der Waals surface area contributed by atoms with E-state index in [-0.39, 0.29) is 22.3 Å². The number of cyclic esters (lactones) is 1. The standard InChI is InChI=1S/C36H52ClN5O6/c1-5-6-7-8-9-10-11-12-13-14-15-16-17-18-19-20-30(43)39-26-21-22-27(37)28(23-26)40-33(45)31(32(44)29-24-41(4)25-38-29)42-34(46)36(2,3)48-35(42)47/h21-25,31H,5-20H2,1-4H3,(H,39,43)(H,40,45). The summed E-state index contributed by atoms with van der Waals surface area (Å²) in [5.74, 6) is -2.88. The SMILES string of the molecule is CCCCCCCCCCCCCCCCCC(=O)Nc1ccc(Cl)c(NC(=O)C(C(=O)c2cn(C)cn2)N2C(=O)OC(C)(C)C2=O)c1. The van der Waals surface area contributed by atoms with E-state index in [0.717, 1.165) is 19.3 Å². The number of carbonyl (C=O) groups excluding carboxylic acids is 5. The molecule has 1 fully saturated rings. The van der Waals surface area contributed by atoms with Crippen LogP contribution in [0.4, 0.5) is 16.2 Å². The van der Waals surface area contributed by atoms with Crippen molar-refractivity contribution in [2.45, 2.75) is 135 Å². The first-order chi connectivity index (χ1) is 22.9. The van der Waals surface area contributed by atoms with Gasteiger partial charge in [-0.25, -0.2) is 14.7 Å². The maximum atomic E-state index is 13.6. The largest absolute Gasteiger partial charge is 0.433 e. The van der Waals surface area contributed by atoms with E-state index in [4.69, 9.17) is 16.3 Å². The van der Waals surface area contributed by atoms with E-state index in [9.17, 15) is 24.0 Å². The molecule has 1 unspecified atom stereocenters. The second kappa shape index (κ2) is 19.3. The van der Waals surface area contributed by atoms with E-state index in [0.29, 0.717) is 17.0 Å². The van der Waals surface area contributed by atoms with Gasteiger partial charge in [-0.05, 0) is 38.5 Å². The highest BCUT2D eigenvalue weighted by Gasteiger charge is 2.54. The molecule has 264 valence electrons. The topological polar surface area (TPSA) is 140 Å². The van der Waals surface area contributed by atoms with Gasteiger partial charge in [-0.2, -0.15) is 0 Å². The number of hydrogen-bond donors (Lipinski definition) is 2. The van der Waals surface area contributed by atoms with Crippen molar-refractivity contribution in [2.24, 2.45) is 7.05 Å². The van der Waals surface area contributed by atoms with Gasteiger partial charge in [-0.15, -0.1) is 0 Å². The monoisotopic (exact) mass is 685 g/mol. The van der Waals surface area contributed by atoms with Crippen LogP contribution in [0.3, 0.4) is 0 Å². The van der Waals surface area contributed by atoms with Crippen molar-refractivity contribution >= 4 is 52.6 Å². The quantitative estimate of drug-likeness (QED) is 0.0723. The summed E-state index contributed by atoms with van der Waals surface area (Å²) >= 11 is 6.35. The number of ketones is 1. The summed E-state index contributed by atoms with van der Waals surface area (Å²) in [7, 11) is 1.64. The molecule has 0 radical (unpaired) electrons. The Balaban J connectivity index is 1.45. The predicted molar refractivity (Wildman–Crippen MR) is 187 cm³/mol. The van der Waals surface area contributed by atoms with Crippen LogP contribution in [0.5, 0.6) is 0 Å². The third kappa shape index (κ3) is 11.8. The van der Waals surface area contributed by atoms with Gasteiger partial charge in [0.2, 0.25) is 11.7 Å². The second-order valence-corrected chi connectivity index (χ2v) is 13.6. The lowest BCUT2D eigenvalue weighted by Gasteiger charge is -2.23. The number of ether oxygens (including phenoxy) is 1. The number of hydrogen-bond acceptors (Lipinski definition) is 7. The van der Waals surface area contributed by atoms with Gasteiger partial charge < -0.3 is 19.9 Å². The van der Waals surface area contributed by atoms with E-state index >= 15 is 0 Å². The van der Waals surface area contributed by atoms with Gasteiger partial charge in [-0.1, -0.05) is 108 Å². The van der Waals surface area contributed by atoms with Crippen molar-refractivity contribution in [1.29, 1.82) is 0 Å². The van der Waals surface area contributed by atoms with Crippen LogP contribution in [0.2, 0.25) is 5.02 Å². The molecule has 12 heteroatoms. The highest BCUT2D eigenvalue weighted by molar-refractivity contribution is 6.34. The first-order valence-corrected chi connectivity index (χ1v) is 17.8. The number of halogens is 1. The number of nitrogens with zero attached hydrogens (tertiary/aromatic N) is 3. The zero-order valence-electron chi connectivity index (χ0n) is 28.9. The molecule has 1 aliphatic rings. The molecular weight excluding hydrogens is 634 g/mol. The van der Waals surface area contributed by atoms with Crippen LogP contribution in [0.1, 0.15) is 134 Å². The van der Waals surface area contributed by atoms with Crippen molar-refractivity contribution in [3.05, 3.63) is 41.4 Å². The number of rotatable bonds is 22. The minimum Gasteiger partial charge on any atom is -0.433 e. The Kier molecular flexibility index (Phi) is 15.6. The van der Waals surface area contributed by atoms with E-state index in [1.807, 2.05) is 0 Å². The molecule has 1 aliphatic heterocycles. The Labute approximate surface area is 289 Å². The Bertz CT molecular complexity index is 1410. The van der Waals surface area contributed by atoms with E-state index in [1.165, 1.54) is 120 Å². The van der Waals surface area contributed by atoms with Crippen molar-refractivity contribution in [3.63, 3.8) is 0 Å². The maximum absolute atomic E-state index is 13.6. The molecule has 1 aromatic carbocycles. The smallest absolute Gasteiger partial charge is 0.418 e. The molecule has 0 aliphatic carbocycles. The number of benzene rings is 1. The molecule has 0 spiro atoms.